The highest BCUT2D eigenvalue weighted by Gasteiger charge is 2.44. The topological polar surface area (TPSA) is 55.8 Å². The predicted octanol–water partition coefficient (Wildman–Crippen LogP) is 5.13. The number of ether oxygens (including phenoxy) is 2. The molecule has 2 atom stereocenters. The Bertz CT molecular complexity index is 927. The van der Waals surface area contributed by atoms with Crippen LogP contribution >= 0.6 is 0 Å². The fourth-order valence-corrected chi connectivity index (χ4v) is 5.80. The number of hydrogen-bond donors (Lipinski definition) is 0. The van der Waals surface area contributed by atoms with Gasteiger partial charge in [0.1, 0.15) is 6.61 Å². The molecule has 162 valence electrons. The normalized spacial score (nSPS) is 24.3. The van der Waals surface area contributed by atoms with Crippen molar-refractivity contribution >= 4 is 12.1 Å². The largest absolute Gasteiger partial charge is 0.466 e. The zero-order valence-electron chi connectivity index (χ0n) is 18.0. The van der Waals surface area contributed by atoms with Crippen LogP contribution < -0.4 is 0 Å². The van der Waals surface area contributed by atoms with Crippen LogP contribution in [0.1, 0.15) is 56.1 Å². The van der Waals surface area contributed by atoms with Gasteiger partial charge in [-0.25, -0.2) is 4.79 Å². The summed E-state index contributed by atoms with van der Waals surface area (Å²) in [6, 6.07) is 16.9. The molecule has 5 rings (SSSR count). The van der Waals surface area contributed by atoms with Gasteiger partial charge in [0.05, 0.1) is 12.5 Å². The van der Waals surface area contributed by atoms with E-state index in [0.29, 0.717) is 26.1 Å². The van der Waals surface area contributed by atoms with Crippen molar-refractivity contribution in [1.82, 2.24) is 4.90 Å². The molecule has 2 aliphatic heterocycles. The van der Waals surface area contributed by atoms with Crippen LogP contribution in [0, 0.1) is 5.92 Å². The summed E-state index contributed by atoms with van der Waals surface area (Å²) >= 11 is 0. The molecule has 0 radical (unpaired) electrons. The molecule has 2 fully saturated rings. The van der Waals surface area contributed by atoms with Crippen LogP contribution in [0.15, 0.2) is 48.5 Å². The molecular formula is C26H29NO4. The van der Waals surface area contributed by atoms with Gasteiger partial charge in [-0.1, -0.05) is 48.5 Å². The second-order valence-electron chi connectivity index (χ2n) is 8.87. The van der Waals surface area contributed by atoms with E-state index in [2.05, 4.69) is 36.4 Å². The summed E-state index contributed by atoms with van der Waals surface area (Å²) in [5.41, 5.74) is 4.90. The predicted molar refractivity (Wildman–Crippen MR) is 118 cm³/mol. The number of nitrogens with zero attached hydrogens (tertiary/aromatic N) is 1. The Morgan fingerprint density at radius 2 is 1.48 bits per heavy atom. The molecule has 0 spiro atoms. The van der Waals surface area contributed by atoms with Crippen LogP contribution in [0.3, 0.4) is 0 Å². The van der Waals surface area contributed by atoms with E-state index in [1.54, 1.807) is 0 Å². The Balaban J connectivity index is 1.30. The van der Waals surface area contributed by atoms with Gasteiger partial charge in [0.15, 0.2) is 0 Å². The van der Waals surface area contributed by atoms with Crippen LogP contribution in [0.25, 0.3) is 11.1 Å². The van der Waals surface area contributed by atoms with Crippen molar-refractivity contribution in [3.05, 3.63) is 59.7 Å². The average molecular weight is 420 g/mol. The molecule has 5 nitrogen and oxygen atoms in total. The minimum absolute atomic E-state index is 0.0632. The van der Waals surface area contributed by atoms with Gasteiger partial charge >= 0.3 is 12.1 Å². The molecule has 1 aliphatic carbocycles. The second kappa shape index (κ2) is 8.37. The van der Waals surface area contributed by atoms with E-state index < -0.39 is 0 Å². The number of carbonyl (C=O) groups excluding carboxylic acids is 2. The number of carbonyl (C=O) groups is 2. The van der Waals surface area contributed by atoms with Gasteiger partial charge in [-0.05, 0) is 61.3 Å². The van der Waals surface area contributed by atoms with Crippen molar-refractivity contribution in [2.75, 3.05) is 13.2 Å². The highest BCUT2D eigenvalue weighted by molar-refractivity contribution is 5.79. The first kappa shape index (κ1) is 20.1. The molecule has 31 heavy (non-hydrogen) atoms. The van der Waals surface area contributed by atoms with Gasteiger partial charge in [-0.3, -0.25) is 4.79 Å². The minimum Gasteiger partial charge on any atom is -0.466 e. The molecule has 5 heteroatoms. The summed E-state index contributed by atoms with van der Waals surface area (Å²) in [5, 5.41) is 0. The zero-order valence-corrected chi connectivity index (χ0v) is 18.0. The van der Waals surface area contributed by atoms with Crippen molar-refractivity contribution < 1.29 is 19.1 Å². The monoisotopic (exact) mass is 419 g/mol. The minimum atomic E-state index is -0.237. The summed E-state index contributed by atoms with van der Waals surface area (Å²) < 4.78 is 11.2. The Morgan fingerprint density at radius 3 is 2.06 bits per heavy atom. The maximum atomic E-state index is 13.2. The molecule has 3 aliphatic rings. The maximum Gasteiger partial charge on any atom is 0.410 e. The summed E-state index contributed by atoms with van der Waals surface area (Å²) in [7, 11) is 0. The smallest absolute Gasteiger partial charge is 0.410 e. The van der Waals surface area contributed by atoms with Gasteiger partial charge in [-0.2, -0.15) is 0 Å². The SMILES string of the molecule is CCOC(=O)C1CC2CCCC(C1)N2C(=O)OCC1c2ccccc2-c2ccccc21. The summed E-state index contributed by atoms with van der Waals surface area (Å²) in [6.07, 6.45) is 4.07. The summed E-state index contributed by atoms with van der Waals surface area (Å²) in [6.45, 7) is 2.58. The molecule has 2 bridgehead atoms. The number of benzene rings is 2. The van der Waals surface area contributed by atoms with E-state index in [4.69, 9.17) is 9.47 Å². The Labute approximate surface area is 183 Å². The standard InChI is InChI=1S/C26H29NO4/c1-2-30-25(28)17-14-18-8-7-9-19(15-17)27(18)26(29)31-16-24-22-12-5-3-10-20(22)21-11-4-6-13-23(21)24/h3-6,10-13,17-19,24H,2,7-9,14-16H2,1H3. The number of piperidine rings is 2. The average Bonchev–Trinajstić information content (AvgIpc) is 3.10. The van der Waals surface area contributed by atoms with E-state index >= 15 is 0 Å². The Morgan fingerprint density at radius 1 is 0.903 bits per heavy atom. The highest BCUT2D eigenvalue weighted by atomic mass is 16.6. The first-order chi connectivity index (χ1) is 15.2. The number of esters is 1. The maximum absolute atomic E-state index is 13.2. The number of rotatable bonds is 4. The molecule has 0 aromatic heterocycles. The van der Waals surface area contributed by atoms with Crippen LogP contribution in [0.5, 0.6) is 0 Å². The van der Waals surface area contributed by atoms with Gasteiger partial charge in [0.25, 0.3) is 0 Å². The lowest BCUT2D eigenvalue weighted by Crippen LogP contribution is -2.56. The number of fused-ring (bicyclic) bond motifs is 5. The van der Waals surface area contributed by atoms with E-state index in [1.807, 2.05) is 24.0 Å². The molecule has 0 saturated carbocycles. The fourth-order valence-electron chi connectivity index (χ4n) is 5.80. The lowest BCUT2D eigenvalue weighted by atomic mass is 9.78. The van der Waals surface area contributed by atoms with Crippen molar-refractivity contribution in [2.24, 2.45) is 5.92 Å². The van der Waals surface area contributed by atoms with Gasteiger partial charge in [-0.15, -0.1) is 0 Å². The summed E-state index contributed by atoms with van der Waals surface area (Å²) in [4.78, 5) is 27.4. The highest BCUT2D eigenvalue weighted by Crippen LogP contribution is 2.45. The number of hydrogen-bond acceptors (Lipinski definition) is 4. The molecular weight excluding hydrogens is 390 g/mol. The third-order valence-electron chi connectivity index (χ3n) is 7.14. The summed E-state index contributed by atoms with van der Waals surface area (Å²) in [5.74, 6) is -0.160. The molecule has 0 N–H and O–H groups in total. The number of amides is 1. The van der Waals surface area contributed by atoms with Crippen molar-refractivity contribution in [1.29, 1.82) is 0 Å². The third kappa shape index (κ3) is 3.60. The van der Waals surface area contributed by atoms with Gasteiger partial charge in [0, 0.05) is 18.0 Å². The van der Waals surface area contributed by atoms with Crippen LogP contribution in [-0.2, 0) is 14.3 Å². The first-order valence-corrected chi connectivity index (χ1v) is 11.5. The first-order valence-electron chi connectivity index (χ1n) is 11.5. The van der Waals surface area contributed by atoms with Gasteiger partial charge < -0.3 is 14.4 Å². The van der Waals surface area contributed by atoms with Crippen LogP contribution in [0.2, 0.25) is 0 Å². The Kier molecular flexibility index (Phi) is 5.43. The molecule has 2 aromatic rings. The van der Waals surface area contributed by atoms with Crippen molar-refractivity contribution in [3.8, 4) is 11.1 Å². The van der Waals surface area contributed by atoms with Crippen LogP contribution in [-0.4, -0.2) is 42.3 Å². The third-order valence-corrected chi connectivity index (χ3v) is 7.14. The Hall–Kier alpha value is -2.82. The van der Waals surface area contributed by atoms with Crippen LogP contribution in [0.4, 0.5) is 4.79 Å². The fraction of sp³-hybridized carbons (Fsp3) is 0.462. The van der Waals surface area contributed by atoms with E-state index in [0.717, 1.165) is 19.3 Å². The van der Waals surface area contributed by atoms with Gasteiger partial charge in [0.2, 0.25) is 0 Å². The quantitative estimate of drug-likeness (QED) is 0.645. The van der Waals surface area contributed by atoms with E-state index in [9.17, 15) is 9.59 Å². The van der Waals surface area contributed by atoms with Crippen molar-refractivity contribution in [3.63, 3.8) is 0 Å². The molecule has 2 heterocycles. The zero-order chi connectivity index (χ0) is 21.4. The van der Waals surface area contributed by atoms with E-state index in [1.165, 1.54) is 22.3 Å². The lowest BCUT2D eigenvalue weighted by molar-refractivity contribution is -0.152. The lowest BCUT2D eigenvalue weighted by Gasteiger charge is -2.47. The molecule has 2 saturated heterocycles. The molecule has 2 aromatic carbocycles. The molecule has 2 unspecified atom stereocenters. The second-order valence-corrected chi connectivity index (χ2v) is 8.87. The molecule has 1 amide bonds. The van der Waals surface area contributed by atoms with E-state index in [-0.39, 0.29) is 36.0 Å². The van der Waals surface area contributed by atoms with Crippen molar-refractivity contribution in [2.45, 2.75) is 57.0 Å².